The minimum atomic E-state index is -0.367. The third-order valence-electron chi connectivity index (χ3n) is 3.91. The molecular formula is C18H15FN4O3S. The molecule has 0 unspecified atom stereocenters. The first kappa shape index (κ1) is 17.2. The zero-order valence-electron chi connectivity index (χ0n) is 14.3. The van der Waals surface area contributed by atoms with Crippen molar-refractivity contribution in [2.24, 2.45) is 5.10 Å². The van der Waals surface area contributed by atoms with E-state index in [1.807, 2.05) is 0 Å². The highest BCUT2D eigenvalue weighted by Crippen LogP contribution is 2.40. The maximum absolute atomic E-state index is 13.5. The second-order valence-corrected chi connectivity index (χ2v) is 6.05. The first-order chi connectivity index (χ1) is 13.2. The van der Waals surface area contributed by atoms with E-state index in [2.05, 4.69) is 15.3 Å². The van der Waals surface area contributed by atoms with Crippen LogP contribution in [0.5, 0.6) is 17.2 Å². The van der Waals surface area contributed by atoms with Gasteiger partial charge in [0.1, 0.15) is 19.0 Å². The predicted molar refractivity (Wildman–Crippen MR) is 99.8 cm³/mol. The van der Waals surface area contributed by atoms with Crippen LogP contribution >= 0.6 is 12.2 Å². The summed E-state index contributed by atoms with van der Waals surface area (Å²) in [6.45, 7) is 0.936. The van der Waals surface area contributed by atoms with E-state index in [4.69, 9.17) is 26.4 Å². The highest BCUT2D eigenvalue weighted by atomic mass is 32.1. The van der Waals surface area contributed by atoms with Gasteiger partial charge in [-0.1, -0.05) is 12.1 Å². The molecule has 0 saturated heterocycles. The van der Waals surface area contributed by atoms with Gasteiger partial charge in [-0.15, -0.1) is 0 Å². The molecule has 9 heteroatoms. The molecule has 1 aliphatic heterocycles. The second-order valence-electron chi connectivity index (χ2n) is 5.67. The van der Waals surface area contributed by atoms with Gasteiger partial charge in [-0.3, -0.25) is 0 Å². The molecule has 0 atom stereocenters. The Labute approximate surface area is 159 Å². The van der Waals surface area contributed by atoms with Crippen LogP contribution in [-0.2, 0) is 0 Å². The number of hydrogen-bond acceptors (Lipinski definition) is 6. The van der Waals surface area contributed by atoms with Crippen LogP contribution in [0.25, 0.3) is 11.4 Å². The summed E-state index contributed by atoms with van der Waals surface area (Å²) >= 11 is 5.24. The number of ether oxygens (including phenoxy) is 3. The average molecular weight is 386 g/mol. The molecule has 0 radical (unpaired) electrons. The number of methoxy groups -OCH3 is 1. The van der Waals surface area contributed by atoms with Crippen molar-refractivity contribution in [2.45, 2.75) is 0 Å². The Kier molecular flexibility index (Phi) is 4.59. The largest absolute Gasteiger partial charge is 0.493 e. The lowest BCUT2D eigenvalue weighted by Gasteiger charge is -2.20. The Hall–Kier alpha value is -3.20. The molecule has 3 aromatic rings. The van der Waals surface area contributed by atoms with Gasteiger partial charge in [0.25, 0.3) is 0 Å². The zero-order chi connectivity index (χ0) is 18.8. The van der Waals surface area contributed by atoms with Gasteiger partial charge < -0.3 is 14.2 Å². The smallest absolute Gasteiger partial charge is 0.216 e. The van der Waals surface area contributed by atoms with Crippen LogP contribution in [0.3, 0.4) is 0 Å². The zero-order valence-corrected chi connectivity index (χ0v) is 15.1. The van der Waals surface area contributed by atoms with Crippen LogP contribution in [-0.4, -0.2) is 41.4 Å². The van der Waals surface area contributed by atoms with Crippen molar-refractivity contribution in [3.63, 3.8) is 0 Å². The fourth-order valence-electron chi connectivity index (χ4n) is 2.71. The number of benzene rings is 2. The van der Waals surface area contributed by atoms with E-state index in [0.717, 1.165) is 5.56 Å². The molecule has 0 saturated carbocycles. The number of rotatable bonds is 4. The maximum Gasteiger partial charge on any atom is 0.216 e. The molecule has 138 valence electrons. The summed E-state index contributed by atoms with van der Waals surface area (Å²) in [5.41, 5.74) is 1.28. The summed E-state index contributed by atoms with van der Waals surface area (Å²) < 4.78 is 31.8. The van der Waals surface area contributed by atoms with Gasteiger partial charge >= 0.3 is 0 Å². The minimum absolute atomic E-state index is 0.287. The van der Waals surface area contributed by atoms with Crippen molar-refractivity contribution < 1.29 is 18.6 Å². The molecule has 27 heavy (non-hydrogen) atoms. The molecule has 2 heterocycles. The normalized spacial score (nSPS) is 13.1. The van der Waals surface area contributed by atoms with E-state index in [1.165, 1.54) is 16.8 Å². The molecule has 0 amide bonds. The predicted octanol–water partition coefficient (Wildman–Crippen LogP) is 3.41. The van der Waals surface area contributed by atoms with Gasteiger partial charge in [-0.25, -0.2) is 9.49 Å². The quantitative estimate of drug-likeness (QED) is 0.550. The van der Waals surface area contributed by atoms with Crippen molar-refractivity contribution in [1.82, 2.24) is 14.9 Å². The topological polar surface area (TPSA) is 73.7 Å². The number of H-pyrrole nitrogens is 1. The number of aromatic amines is 1. The Bertz CT molecular complexity index is 1060. The highest BCUT2D eigenvalue weighted by Gasteiger charge is 2.18. The van der Waals surface area contributed by atoms with Gasteiger partial charge in [0, 0.05) is 11.1 Å². The Balaban J connectivity index is 1.72. The van der Waals surface area contributed by atoms with Crippen molar-refractivity contribution in [3.05, 3.63) is 52.5 Å². The van der Waals surface area contributed by atoms with E-state index in [0.29, 0.717) is 41.9 Å². The van der Waals surface area contributed by atoms with Crippen LogP contribution in [0.15, 0.2) is 41.5 Å². The maximum atomic E-state index is 13.5. The van der Waals surface area contributed by atoms with Gasteiger partial charge in [0.15, 0.2) is 17.3 Å². The lowest BCUT2D eigenvalue weighted by Crippen LogP contribution is -2.16. The summed E-state index contributed by atoms with van der Waals surface area (Å²) in [6.07, 6.45) is 1.59. The third kappa shape index (κ3) is 3.41. The molecular weight excluding hydrogens is 371 g/mol. The molecule has 7 nitrogen and oxygen atoms in total. The van der Waals surface area contributed by atoms with E-state index in [1.54, 1.807) is 37.6 Å². The lowest BCUT2D eigenvalue weighted by atomic mass is 10.2. The van der Waals surface area contributed by atoms with Crippen molar-refractivity contribution in [3.8, 4) is 28.6 Å². The standard InChI is InChI=1S/C18H15FN4O3S/c1-24-14-7-11(8-15-16(14)26-6-5-25-15)10-20-23-17(21-22-18(23)27)12-3-2-4-13(19)9-12/h2-4,7-10H,5-6H2,1H3,(H,22,27)/b20-10-. The average Bonchev–Trinajstić information content (AvgIpc) is 3.06. The molecule has 4 rings (SSSR count). The van der Waals surface area contributed by atoms with Crippen LogP contribution in [0, 0.1) is 10.6 Å². The number of nitrogens with one attached hydrogen (secondary N) is 1. The number of nitrogens with zero attached hydrogens (tertiary/aromatic N) is 3. The SMILES string of the molecule is COc1cc(/C=N\n2c(-c3cccc(F)c3)n[nH]c2=S)cc2c1OCCO2. The molecule has 1 N–H and O–H groups in total. The fourth-order valence-corrected chi connectivity index (χ4v) is 2.88. The third-order valence-corrected chi connectivity index (χ3v) is 4.17. The fraction of sp³-hybridized carbons (Fsp3) is 0.167. The van der Waals surface area contributed by atoms with Crippen LogP contribution < -0.4 is 14.2 Å². The Morgan fingerprint density at radius 1 is 1.30 bits per heavy atom. The molecule has 0 spiro atoms. The van der Waals surface area contributed by atoms with Crippen molar-refractivity contribution in [1.29, 1.82) is 0 Å². The molecule has 0 bridgehead atoms. The van der Waals surface area contributed by atoms with Crippen LogP contribution in [0.2, 0.25) is 0 Å². The van der Waals surface area contributed by atoms with Gasteiger partial charge in [0.2, 0.25) is 10.5 Å². The summed E-state index contributed by atoms with van der Waals surface area (Å²) in [5.74, 6) is 1.74. The summed E-state index contributed by atoms with van der Waals surface area (Å²) in [5, 5.41) is 11.2. The van der Waals surface area contributed by atoms with Crippen molar-refractivity contribution in [2.75, 3.05) is 20.3 Å². The van der Waals surface area contributed by atoms with E-state index in [9.17, 15) is 4.39 Å². The van der Waals surface area contributed by atoms with Gasteiger partial charge in [0.05, 0.1) is 13.3 Å². The van der Waals surface area contributed by atoms with Crippen molar-refractivity contribution >= 4 is 18.4 Å². The Morgan fingerprint density at radius 2 is 2.15 bits per heavy atom. The van der Waals surface area contributed by atoms with E-state index >= 15 is 0 Å². The number of hydrogen-bond donors (Lipinski definition) is 1. The summed E-state index contributed by atoms with van der Waals surface area (Å²) in [7, 11) is 1.56. The second kappa shape index (κ2) is 7.20. The number of halogens is 1. The number of aromatic nitrogens is 3. The van der Waals surface area contributed by atoms with Gasteiger partial charge in [-0.2, -0.15) is 14.9 Å². The number of fused-ring (bicyclic) bond motifs is 1. The van der Waals surface area contributed by atoms with Crippen LogP contribution in [0.1, 0.15) is 5.56 Å². The molecule has 1 aromatic heterocycles. The summed E-state index contributed by atoms with van der Waals surface area (Å²) in [6, 6.07) is 9.63. The highest BCUT2D eigenvalue weighted by molar-refractivity contribution is 7.71. The van der Waals surface area contributed by atoms with Crippen LogP contribution in [0.4, 0.5) is 4.39 Å². The Morgan fingerprint density at radius 3 is 2.96 bits per heavy atom. The monoisotopic (exact) mass is 386 g/mol. The van der Waals surface area contributed by atoms with E-state index in [-0.39, 0.29) is 10.6 Å². The minimum Gasteiger partial charge on any atom is -0.493 e. The van der Waals surface area contributed by atoms with E-state index < -0.39 is 0 Å². The first-order valence-electron chi connectivity index (χ1n) is 8.11. The lowest BCUT2D eigenvalue weighted by molar-refractivity contribution is 0.165. The molecule has 1 aliphatic rings. The molecule has 2 aromatic carbocycles. The summed E-state index contributed by atoms with van der Waals surface area (Å²) in [4.78, 5) is 0. The molecule has 0 aliphatic carbocycles. The van der Waals surface area contributed by atoms with Gasteiger partial charge in [-0.05, 0) is 36.5 Å². The first-order valence-corrected chi connectivity index (χ1v) is 8.52. The molecule has 0 fully saturated rings.